The minimum atomic E-state index is -0.375. The molecule has 0 fully saturated rings. The molecule has 142 valence electrons. The number of carbonyl (C=O) groups is 2. The molecule has 0 saturated heterocycles. The van der Waals surface area contributed by atoms with E-state index in [9.17, 15) is 9.59 Å². The Hall–Kier alpha value is -3.45. The molecule has 28 heavy (non-hydrogen) atoms. The highest BCUT2D eigenvalue weighted by Crippen LogP contribution is 2.22. The summed E-state index contributed by atoms with van der Waals surface area (Å²) in [7, 11) is 0. The van der Waals surface area contributed by atoms with Crippen LogP contribution in [0.4, 0.5) is 23.0 Å². The van der Waals surface area contributed by atoms with Gasteiger partial charge in [0, 0.05) is 35.2 Å². The van der Waals surface area contributed by atoms with Crippen LogP contribution in [0.25, 0.3) is 0 Å². The number of nitrogens with one attached hydrogen (secondary N) is 3. The van der Waals surface area contributed by atoms with Crippen molar-refractivity contribution in [1.29, 1.82) is 0 Å². The highest BCUT2D eigenvalue weighted by Gasteiger charge is 2.10. The molecule has 0 atom stereocenters. The zero-order chi connectivity index (χ0) is 20.1. The molecule has 3 N–H and O–H groups in total. The van der Waals surface area contributed by atoms with Crippen LogP contribution in [0, 0.1) is 6.92 Å². The highest BCUT2D eigenvalue weighted by atomic mass is 35.5. The summed E-state index contributed by atoms with van der Waals surface area (Å²) in [4.78, 5) is 31.9. The molecule has 2 aromatic carbocycles. The number of amides is 2. The average Bonchev–Trinajstić information content (AvgIpc) is 2.66. The minimum absolute atomic E-state index is 0.160. The topological polar surface area (TPSA) is 96.0 Å². The first-order valence-electron chi connectivity index (χ1n) is 8.46. The number of nitrogens with zero attached hydrogens (tertiary/aromatic N) is 2. The van der Waals surface area contributed by atoms with Gasteiger partial charge in [0.1, 0.15) is 5.69 Å². The van der Waals surface area contributed by atoms with Gasteiger partial charge in [-0.2, -0.15) is 0 Å². The number of anilines is 4. The Labute approximate surface area is 167 Å². The van der Waals surface area contributed by atoms with E-state index in [1.165, 1.54) is 19.2 Å². The van der Waals surface area contributed by atoms with Crippen molar-refractivity contribution in [1.82, 2.24) is 9.97 Å². The fraction of sp³-hybridized carbons (Fsp3) is 0.100. The van der Waals surface area contributed by atoms with Gasteiger partial charge in [-0.1, -0.05) is 17.7 Å². The van der Waals surface area contributed by atoms with E-state index in [0.29, 0.717) is 16.4 Å². The monoisotopic (exact) mass is 395 g/mol. The van der Waals surface area contributed by atoms with Gasteiger partial charge in [0.15, 0.2) is 0 Å². The van der Waals surface area contributed by atoms with Crippen molar-refractivity contribution in [2.24, 2.45) is 0 Å². The van der Waals surface area contributed by atoms with Crippen molar-refractivity contribution in [2.45, 2.75) is 13.8 Å². The molecule has 0 spiro atoms. The summed E-state index contributed by atoms with van der Waals surface area (Å²) < 4.78 is 0. The first kappa shape index (κ1) is 19.3. The average molecular weight is 396 g/mol. The van der Waals surface area contributed by atoms with Crippen molar-refractivity contribution in [2.75, 3.05) is 16.0 Å². The summed E-state index contributed by atoms with van der Waals surface area (Å²) in [6.45, 7) is 3.34. The number of aromatic nitrogens is 2. The number of halogens is 1. The van der Waals surface area contributed by atoms with Gasteiger partial charge in [-0.05, 0) is 55.0 Å². The SMILES string of the molecule is CC(=O)Nc1ccc(NC(=O)c2ccnc(Nc3ccc(C)c(Cl)c3)n2)cc1. The molecule has 3 aromatic rings. The van der Waals surface area contributed by atoms with Crippen molar-refractivity contribution in [3.8, 4) is 0 Å². The molecule has 3 rings (SSSR count). The molecule has 7 nitrogen and oxygen atoms in total. The van der Waals surface area contributed by atoms with E-state index in [-0.39, 0.29) is 23.5 Å². The van der Waals surface area contributed by atoms with Crippen molar-refractivity contribution in [3.05, 3.63) is 71.0 Å². The lowest BCUT2D eigenvalue weighted by atomic mass is 10.2. The van der Waals surface area contributed by atoms with Crippen molar-refractivity contribution in [3.63, 3.8) is 0 Å². The summed E-state index contributed by atoms with van der Waals surface area (Å²) in [6.07, 6.45) is 1.50. The maximum absolute atomic E-state index is 12.5. The molecule has 0 radical (unpaired) electrons. The van der Waals surface area contributed by atoms with E-state index in [2.05, 4.69) is 25.9 Å². The Bertz CT molecular complexity index is 1020. The van der Waals surface area contributed by atoms with Gasteiger partial charge in [-0.15, -0.1) is 0 Å². The van der Waals surface area contributed by atoms with Crippen LogP contribution in [0.1, 0.15) is 23.0 Å². The standard InChI is InChI=1S/C20H18ClN5O2/c1-12-3-4-16(11-17(12)21)25-20-22-10-9-18(26-20)19(28)24-15-7-5-14(6-8-15)23-13(2)27/h3-11H,1-2H3,(H,23,27)(H,24,28)(H,22,25,26). The van der Waals surface area contributed by atoms with Gasteiger partial charge in [-0.25, -0.2) is 9.97 Å². The van der Waals surface area contributed by atoms with Crippen LogP contribution < -0.4 is 16.0 Å². The van der Waals surface area contributed by atoms with Crippen LogP contribution in [0.2, 0.25) is 5.02 Å². The Balaban J connectivity index is 1.69. The first-order valence-corrected chi connectivity index (χ1v) is 8.84. The number of rotatable bonds is 5. The number of benzene rings is 2. The molecule has 0 aliphatic heterocycles. The Kier molecular flexibility index (Phi) is 5.86. The molecule has 8 heteroatoms. The second-order valence-electron chi connectivity index (χ2n) is 6.07. The molecule has 1 aromatic heterocycles. The molecule has 0 saturated carbocycles. The molecular weight excluding hydrogens is 378 g/mol. The molecule has 0 unspecified atom stereocenters. The molecule has 1 heterocycles. The van der Waals surface area contributed by atoms with Gasteiger partial charge >= 0.3 is 0 Å². The maximum Gasteiger partial charge on any atom is 0.274 e. The summed E-state index contributed by atoms with van der Waals surface area (Å²) in [5.74, 6) is -0.249. The fourth-order valence-corrected chi connectivity index (χ4v) is 2.56. The summed E-state index contributed by atoms with van der Waals surface area (Å²) in [5, 5.41) is 9.08. The number of hydrogen-bond donors (Lipinski definition) is 3. The third kappa shape index (κ3) is 5.05. The lowest BCUT2D eigenvalue weighted by Crippen LogP contribution is -2.15. The zero-order valence-electron chi connectivity index (χ0n) is 15.3. The second-order valence-corrected chi connectivity index (χ2v) is 6.47. The summed E-state index contributed by atoms with van der Waals surface area (Å²) >= 11 is 6.12. The van der Waals surface area contributed by atoms with E-state index < -0.39 is 0 Å². The Morgan fingerprint density at radius 1 is 0.929 bits per heavy atom. The van der Waals surface area contributed by atoms with Gasteiger partial charge in [0.05, 0.1) is 0 Å². The van der Waals surface area contributed by atoms with Gasteiger partial charge in [0.2, 0.25) is 11.9 Å². The summed E-state index contributed by atoms with van der Waals surface area (Å²) in [6, 6.07) is 13.8. The Morgan fingerprint density at radius 2 is 1.57 bits per heavy atom. The van der Waals surface area contributed by atoms with Crippen LogP contribution in [-0.4, -0.2) is 21.8 Å². The second kappa shape index (κ2) is 8.49. The predicted octanol–water partition coefficient (Wildman–Crippen LogP) is 4.39. The highest BCUT2D eigenvalue weighted by molar-refractivity contribution is 6.31. The van der Waals surface area contributed by atoms with Gasteiger partial charge in [-0.3, -0.25) is 9.59 Å². The fourth-order valence-electron chi connectivity index (χ4n) is 2.38. The summed E-state index contributed by atoms with van der Waals surface area (Å²) in [5.41, 5.74) is 3.13. The number of aryl methyl sites for hydroxylation is 1. The lowest BCUT2D eigenvalue weighted by Gasteiger charge is -2.09. The Morgan fingerprint density at radius 3 is 2.21 bits per heavy atom. The number of carbonyl (C=O) groups excluding carboxylic acids is 2. The van der Waals surface area contributed by atoms with Crippen LogP contribution >= 0.6 is 11.6 Å². The van der Waals surface area contributed by atoms with E-state index >= 15 is 0 Å². The maximum atomic E-state index is 12.5. The number of hydrogen-bond acceptors (Lipinski definition) is 5. The molecule has 0 bridgehead atoms. The first-order chi connectivity index (χ1) is 13.4. The molecule has 0 aliphatic rings. The van der Waals surface area contributed by atoms with E-state index in [1.54, 1.807) is 30.3 Å². The van der Waals surface area contributed by atoms with Crippen LogP contribution in [0.3, 0.4) is 0 Å². The van der Waals surface area contributed by atoms with E-state index in [4.69, 9.17) is 11.6 Å². The van der Waals surface area contributed by atoms with Gasteiger partial charge < -0.3 is 16.0 Å². The largest absolute Gasteiger partial charge is 0.326 e. The molecular formula is C20H18ClN5O2. The predicted molar refractivity (Wildman–Crippen MR) is 110 cm³/mol. The van der Waals surface area contributed by atoms with Gasteiger partial charge in [0.25, 0.3) is 5.91 Å². The van der Waals surface area contributed by atoms with Crippen LogP contribution in [-0.2, 0) is 4.79 Å². The normalized spacial score (nSPS) is 10.2. The van der Waals surface area contributed by atoms with Crippen LogP contribution in [0.15, 0.2) is 54.7 Å². The quantitative estimate of drug-likeness (QED) is 0.595. The molecule has 2 amide bonds. The third-order valence-electron chi connectivity index (χ3n) is 3.78. The van der Waals surface area contributed by atoms with Crippen LogP contribution in [0.5, 0.6) is 0 Å². The van der Waals surface area contributed by atoms with E-state index in [0.717, 1.165) is 11.3 Å². The third-order valence-corrected chi connectivity index (χ3v) is 4.19. The lowest BCUT2D eigenvalue weighted by molar-refractivity contribution is -0.114. The minimum Gasteiger partial charge on any atom is -0.326 e. The van der Waals surface area contributed by atoms with Crippen molar-refractivity contribution < 1.29 is 9.59 Å². The molecule has 0 aliphatic carbocycles. The van der Waals surface area contributed by atoms with Crippen molar-refractivity contribution >= 4 is 46.4 Å². The van der Waals surface area contributed by atoms with E-state index in [1.807, 2.05) is 19.1 Å². The smallest absolute Gasteiger partial charge is 0.274 e. The zero-order valence-corrected chi connectivity index (χ0v) is 16.0.